The Morgan fingerprint density at radius 3 is 2.95 bits per heavy atom. The number of nitrogens with one attached hydrogen (secondary N) is 1. The van der Waals surface area contributed by atoms with E-state index in [0.29, 0.717) is 5.92 Å². The van der Waals surface area contributed by atoms with Gasteiger partial charge in [-0.2, -0.15) is 0 Å². The summed E-state index contributed by atoms with van der Waals surface area (Å²) in [4.78, 5) is 13.8. The van der Waals surface area contributed by atoms with Crippen LogP contribution in [-0.2, 0) is 11.2 Å². The van der Waals surface area contributed by atoms with Gasteiger partial charge in [-0.1, -0.05) is 33.3 Å². The van der Waals surface area contributed by atoms with Gasteiger partial charge >= 0.3 is 0 Å². The van der Waals surface area contributed by atoms with Crippen LogP contribution < -0.4 is 5.32 Å². The fourth-order valence-electron chi connectivity index (χ4n) is 3.46. The van der Waals surface area contributed by atoms with Gasteiger partial charge in [0.2, 0.25) is 5.91 Å². The summed E-state index contributed by atoms with van der Waals surface area (Å²) in [6.45, 7) is 7.47. The van der Waals surface area contributed by atoms with E-state index in [9.17, 15) is 4.79 Å². The van der Waals surface area contributed by atoms with Gasteiger partial charge in [0.05, 0.1) is 0 Å². The van der Waals surface area contributed by atoms with Gasteiger partial charge in [0, 0.05) is 17.3 Å². The minimum atomic E-state index is 0.144. The molecule has 2 atom stereocenters. The second kappa shape index (κ2) is 6.08. The van der Waals surface area contributed by atoms with E-state index in [0.717, 1.165) is 13.0 Å². The molecule has 2 rings (SSSR count). The van der Waals surface area contributed by atoms with Crippen molar-refractivity contribution in [2.75, 3.05) is 6.54 Å². The molecule has 1 fully saturated rings. The highest BCUT2D eigenvalue weighted by atomic mass is 32.1. The third-order valence-corrected chi connectivity index (χ3v) is 5.36. The summed E-state index contributed by atoms with van der Waals surface area (Å²) >= 11 is 1.76. The average molecular weight is 279 g/mol. The van der Waals surface area contributed by atoms with E-state index in [4.69, 9.17) is 0 Å². The Morgan fingerprint density at radius 2 is 2.32 bits per heavy atom. The number of carbonyl (C=O) groups is 1. The zero-order valence-electron chi connectivity index (χ0n) is 12.2. The van der Waals surface area contributed by atoms with E-state index in [1.165, 1.54) is 24.1 Å². The van der Waals surface area contributed by atoms with E-state index in [1.54, 1.807) is 11.3 Å². The lowest BCUT2D eigenvalue weighted by Crippen LogP contribution is -2.45. The molecule has 1 heterocycles. The van der Waals surface area contributed by atoms with Crippen LogP contribution in [0.3, 0.4) is 0 Å². The smallest absolute Gasteiger partial charge is 0.223 e. The van der Waals surface area contributed by atoms with E-state index in [1.807, 2.05) is 0 Å². The molecular weight excluding hydrogens is 254 g/mol. The first kappa shape index (κ1) is 14.6. The Labute approximate surface area is 120 Å². The zero-order valence-corrected chi connectivity index (χ0v) is 13.1. The maximum Gasteiger partial charge on any atom is 0.223 e. The van der Waals surface area contributed by atoms with Crippen LogP contribution in [0.1, 0.15) is 44.9 Å². The van der Waals surface area contributed by atoms with E-state index in [2.05, 4.69) is 43.6 Å². The number of hydrogen-bond acceptors (Lipinski definition) is 2. The highest BCUT2D eigenvalue weighted by Crippen LogP contribution is 2.43. The van der Waals surface area contributed by atoms with Gasteiger partial charge in [0.1, 0.15) is 0 Å². The third kappa shape index (κ3) is 3.59. The van der Waals surface area contributed by atoms with E-state index >= 15 is 0 Å². The molecule has 1 aromatic heterocycles. The molecule has 106 valence electrons. The molecule has 0 saturated heterocycles. The van der Waals surface area contributed by atoms with Gasteiger partial charge in [-0.3, -0.25) is 4.79 Å². The van der Waals surface area contributed by atoms with E-state index in [-0.39, 0.29) is 17.2 Å². The normalized spacial score (nSPS) is 26.1. The number of hydrogen-bond donors (Lipinski definition) is 1. The molecule has 0 spiro atoms. The fraction of sp³-hybridized carbons (Fsp3) is 0.688. The molecular formula is C16H25NOS. The molecule has 19 heavy (non-hydrogen) atoms. The van der Waals surface area contributed by atoms with Crippen molar-refractivity contribution >= 4 is 17.2 Å². The molecule has 1 aliphatic carbocycles. The lowest BCUT2D eigenvalue weighted by Gasteiger charge is -2.41. The minimum absolute atomic E-state index is 0.144. The standard InChI is InChI=1S/C16H25NOS/c1-12-6-4-9-16(2,3)14(12)15(18)17-10-8-13-7-5-11-19-13/h5,7,11-12,14H,4,6,8-10H2,1-3H3,(H,17,18). The largest absolute Gasteiger partial charge is 0.355 e. The van der Waals surface area contributed by atoms with Crippen molar-refractivity contribution in [2.45, 2.75) is 46.5 Å². The molecule has 3 heteroatoms. The lowest BCUT2D eigenvalue weighted by atomic mass is 9.64. The average Bonchev–Trinajstić information content (AvgIpc) is 2.80. The van der Waals surface area contributed by atoms with Gasteiger partial charge < -0.3 is 5.32 Å². The van der Waals surface area contributed by atoms with Crippen LogP contribution in [0.25, 0.3) is 0 Å². The summed E-state index contributed by atoms with van der Waals surface area (Å²) in [5, 5.41) is 5.23. The van der Waals surface area contributed by atoms with Gasteiger partial charge in [0.15, 0.2) is 0 Å². The summed E-state index contributed by atoms with van der Waals surface area (Å²) in [7, 11) is 0. The SMILES string of the molecule is CC1CCCC(C)(C)C1C(=O)NCCc1cccs1. The van der Waals surface area contributed by atoms with Crippen LogP contribution in [0.15, 0.2) is 17.5 Å². The van der Waals surface area contributed by atoms with Crippen LogP contribution in [-0.4, -0.2) is 12.5 Å². The Hall–Kier alpha value is -0.830. The quantitative estimate of drug-likeness (QED) is 0.890. The number of amides is 1. The molecule has 0 aromatic carbocycles. The van der Waals surface area contributed by atoms with E-state index < -0.39 is 0 Å². The molecule has 2 nitrogen and oxygen atoms in total. The maximum absolute atomic E-state index is 12.4. The van der Waals surface area contributed by atoms with Gasteiger partial charge in [-0.15, -0.1) is 11.3 Å². The Morgan fingerprint density at radius 1 is 1.53 bits per heavy atom. The molecule has 1 aliphatic rings. The topological polar surface area (TPSA) is 29.1 Å². The van der Waals surface area contributed by atoms with Crippen molar-refractivity contribution in [3.63, 3.8) is 0 Å². The number of rotatable bonds is 4. The number of carbonyl (C=O) groups excluding carboxylic acids is 1. The number of thiophene rings is 1. The first-order valence-corrected chi connectivity index (χ1v) is 8.19. The molecule has 0 bridgehead atoms. The third-order valence-electron chi connectivity index (χ3n) is 4.42. The predicted molar refractivity (Wildman–Crippen MR) is 81.3 cm³/mol. The summed E-state index contributed by atoms with van der Waals surface area (Å²) in [6, 6.07) is 4.19. The monoisotopic (exact) mass is 279 g/mol. The van der Waals surface area contributed by atoms with Crippen molar-refractivity contribution in [3.05, 3.63) is 22.4 Å². The minimum Gasteiger partial charge on any atom is -0.355 e. The maximum atomic E-state index is 12.4. The predicted octanol–water partition coefficient (Wildman–Crippen LogP) is 3.87. The van der Waals surface area contributed by atoms with Crippen molar-refractivity contribution in [3.8, 4) is 0 Å². The van der Waals surface area contributed by atoms with Crippen LogP contribution in [0.2, 0.25) is 0 Å². The van der Waals surface area contributed by atoms with Gasteiger partial charge in [-0.25, -0.2) is 0 Å². The van der Waals surface area contributed by atoms with Gasteiger partial charge in [0.25, 0.3) is 0 Å². The highest BCUT2D eigenvalue weighted by molar-refractivity contribution is 7.09. The van der Waals surface area contributed by atoms with Crippen molar-refractivity contribution < 1.29 is 4.79 Å². The van der Waals surface area contributed by atoms with Crippen molar-refractivity contribution in [1.82, 2.24) is 5.32 Å². The molecule has 1 amide bonds. The summed E-state index contributed by atoms with van der Waals surface area (Å²) in [6.07, 6.45) is 4.56. The first-order valence-electron chi connectivity index (χ1n) is 7.31. The second-order valence-corrected chi connectivity index (χ2v) is 7.49. The molecule has 0 aliphatic heterocycles. The van der Waals surface area contributed by atoms with Crippen LogP contribution >= 0.6 is 11.3 Å². The Bertz CT molecular complexity index is 410. The van der Waals surface area contributed by atoms with Crippen molar-refractivity contribution in [2.24, 2.45) is 17.3 Å². The van der Waals surface area contributed by atoms with Crippen LogP contribution in [0.4, 0.5) is 0 Å². The van der Waals surface area contributed by atoms with Crippen LogP contribution in [0.5, 0.6) is 0 Å². The van der Waals surface area contributed by atoms with Crippen molar-refractivity contribution in [1.29, 1.82) is 0 Å². The lowest BCUT2D eigenvalue weighted by molar-refractivity contribution is -0.132. The Balaban J connectivity index is 1.87. The molecule has 1 N–H and O–H groups in total. The molecule has 0 radical (unpaired) electrons. The molecule has 2 unspecified atom stereocenters. The molecule has 1 aromatic rings. The summed E-state index contributed by atoms with van der Waals surface area (Å²) in [5.74, 6) is 0.934. The Kier molecular flexibility index (Phi) is 4.67. The first-order chi connectivity index (χ1) is 9.00. The second-order valence-electron chi connectivity index (χ2n) is 6.46. The fourth-order valence-corrected chi connectivity index (χ4v) is 4.17. The van der Waals surface area contributed by atoms with Crippen LogP contribution in [0, 0.1) is 17.3 Å². The van der Waals surface area contributed by atoms with Gasteiger partial charge in [-0.05, 0) is 42.0 Å². The molecule has 1 saturated carbocycles. The highest BCUT2D eigenvalue weighted by Gasteiger charge is 2.41. The zero-order chi connectivity index (χ0) is 13.9. The summed E-state index contributed by atoms with van der Waals surface area (Å²) < 4.78 is 0. The summed E-state index contributed by atoms with van der Waals surface area (Å²) in [5.41, 5.74) is 0.144.